The van der Waals surface area contributed by atoms with Crippen LogP contribution in [0, 0.1) is 27.7 Å². The van der Waals surface area contributed by atoms with E-state index < -0.39 is 0 Å². The van der Waals surface area contributed by atoms with Crippen LogP contribution in [0.15, 0.2) is 17.4 Å². The van der Waals surface area contributed by atoms with Crippen molar-refractivity contribution < 1.29 is 9.53 Å². The van der Waals surface area contributed by atoms with E-state index in [4.69, 9.17) is 4.74 Å². The van der Waals surface area contributed by atoms with Crippen LogP contribution in [-0.2, 0) is 4.74 Å². The number of aryl methyl sites for hydroxylation is 3. The van der Waals surface area contributed by atoms with Gasteiger partial charge in [0.25, 0.3) is 0 Å². The minimum Gasteiger partial charge on any atom is -0.383 e. The Morgan fingerprint density at radius 3 is 2.74 bits per heavy atom. The first-order valence-electron chi connectivity index (χ1n) is 8.89. The van der Waals surface area contributed by atoms with Crippen LogP contribution in [0.2, 0.25) is 0 Å². The SMILES string of the molecule is COC[C@H](C)n1c(C)cc(C(=O)CSc2ncnc3sc(C)c(C)c23)c1C. The number of carbonyl (C=O) groups excluding carboxylic acids is 1. The second kappa shape index (κ2) is 8.12. The van der Waals surface area contributed by atoms with Crippen LogP contribution >= 0.6 is 23.1 Å². The molecule has 0 aliphatic carbocycles. The zero-order valence-corrected chi connectivity index (χ0v) is 18.3. The average molecular weight is 404 g/mol. The van der Waals surface area contributed by atoms with Crippen molar-refractivity contribution in [2.45, 2.75) is 45.7 Å². The summed E-state index contributed by atoms with van der Waals surface area (Å²) in [6.07, 6.45) is 1.59. The summed E-state index contributed by atoms with van der Waals surface area (Å²) in [7, 11) is 1.70. The molecule has 144 valence electrons. The highest BCUT2D eigenvalue weighted by Gasteiger charge is 2.20. The first-order chi connectivity index (χ1) is 12.8. The number of rotatable bonds is 7. The van der Waals surface area contributed by atoms with Crippen LogP contribution in [0.1, 0.15) is 45.2 Å². The summed E-state index contributed by atoms with van der Waals surface area (Å²) < 4.78 is 7.45. The summed E-state index contributed by atoms with van der Waals surface area (Å²) in [5, 5.41) is 1.97. The van der Waals surface area contributed by atoms with Gasteiger partial charge in [0.15, 0.2) is 5.78 Å². The monoisotopic (exact) mass is 403 g/mol. The van der Waals surface area contributed by atoms with Crippen molar-refractivity contribution in [2.75, 3.05) is 19.5 Å². The van der Waals surface area contributed by atoms with Gasteiger partial charge in [0, 0.05) is 34.3 Å². The Morgan fingerprint density at radius 2 is 2.04 bits per heavy atom. The Labute approximate surface area is 168 Å². The van der Waals surface area contributed by atoms with Crippen molar-refractivity contribution in [3.05, 3.63) is 39.8 Å². The van der Waals surface area contributed by atoms with Gasteiger partial charge in [0.1, 0.15) is 16.2 Å². The third-order valence-corrected chi connectivity index (χ3v) is 7.01. The van der Waals surface area contributed by atoms with Crippen LogP contribution in [0.4, 0.5) is 0 Å². The molecule has 7 heteroatoms. The number of fused-ring (bicyclic) bond motifs is 1. The number of hydrogen-bond acceptors (Lipinski definition) is 6. The first kappa shape index (κ1) is 20.0. The molecule has 5 nitrogen and oxygen atoms in total. The predicted molar refractivity (Wildman–Crippen MR) is 112 cm³/mol. The van der Waals surface area contributed by atoms with Crippen LogP contribution in [0.25, 0.3) is 10.2 Å². The normalized spacial score (nSPS) is 12.7. The van der Waals surface area contributed by atoms with E-state index in [2.05, 4.69) is 35.3 Å². The molecule has 0 bridgehead atoms. The Kier molecular flexibility index (Phi) is 6.03. The number of Topliss-reactive ketones (excluding diaryl/α,β-unsaturated/α-hetero) is 1. The number of thioether (sulfide) groups is 1. The van der Waals surface area contributed by atoms with Crippen LogP contribution in [0.3, 0.4) is 0 Å². The van der Waals surface area contributed by atoms with E-state index >= 15 is 0 Å². The molecule has 0 spiro atoms. The lowest BCUT2D eigenvalue weighted by Gasteiger charge is -2.17. The zero-order valence-electron chi connectivity index (χ0n) is 16.6. The molecule has 0 aromatic carbocycles. The first-order valence-corrected chi connectivity index (χ1v) is 10.7. The molecule has 0 radical (unpaired) electrons. The summed E-state index contributed by atoms with van der Waals surface area (Å²) in [5.41, 5.74) is 4.07. The lowest BCUT2D eigenvalue weighted by atomic mass is 10.2. The molecule has 0 amide bonds. The molecule has 0 fully saturated rings. The molecule has 0 N–H and O–H groups in total. The molecule has 1 atom stereocenters. The highest BCUT2D eigenvalue weighted by atomic mass is 32.2. The summed E-state index contributed by atoms with van der Waals surface area (Å²) in [6, 6.07) is 2.18. The van der Waals surface area contributed by atoms with E-state index in [1.807, 2.05) is 19.9 Å². The topological polar surface area (TPSA) is 57.0 Å². The van der Waals surface area contributed by atoms with Crippen molar-refractivity contribution in [1.29, 1.82) is 0 Å². The lowest BCUT2D eigenvalue weighted by molar-refractivity contribution is 0.102. The number of hydrogen-bond donors (Lipinski definition) is 0. The van der Waals surface area contributed by atoms with E-state index in [0.29, 0.717) is 12.4 Å². The van der Waals surface area contributed by atoms with Crippen molar-refractivity contribution in [3.63, 3.8) is 0 Å². The van der Waals surface area contributed by atoms with Gasteiger partial charge in [-0.15, -0.1) is 11.3 Å². The number of thiophene rings is 1. The van der Waals surface area contributed by atoms with Gasteiger partial charge in [-0.25, -0.2) is 9.97 Å². The summed E-state index contributed by atoms with van der Waals surface area (Å²) in [6.45, 7) is 11.0. The van der Waals surface area contributed by atoms with E-state index in [1.54, 1.807) is 24.8 Å². The number of methoxy groups -OCH3 is 1. The minimum atomic E-state index is 0.125. The van der Waals surface area contributed by atoms with E-state index in [9.17, 15) is 4.79 Å². The third kappa shape index (κ3) is 3.81. The predicted octanol–water partition coefficient (Wildman–Crippen LogP) is 4.91. The fourth-order valence-electron chi connectivity index (χ4n) is 3.52. The fraction of sp³-hybridized carbons (Fsp3) is 0.450. The Bertz CT molecular complexity index is 991. The molecule has 0 aliphatic rings. The fourth-order valence-corrected chi connectivity index (χ4v) is 5.53. The largest absolute Gasteiger partial charge is 0.383 e. The van der Waals surface area contributed by atoms with Gasteiger partial charge in [-0.3, -0.25) is 4.79 Å². The zero-order chi connectivity index (χ0) is 19.7. The molecule has 0 saturated carbocycles. The van der Waals surface area contributed by atoms with Crippen molar-refractivity contribution in [3.8, 4) is 0 Å². The molecule has 3 rings (SSSR count). The Hall–Kier alpha value is -1.70. The standard InChI is InChI=1S/C20H25N3O2S2/c1-11-7-16(14(4)23(11)12(2)8-25-6)17(24)9-26-19-18-13(3)15(5)27-20(18)22-10-21-19/h7,10,12H,8-9H2,1-6H3/t12-/m0/s1. The number of nitrogens with zero attached hydrogens (tertiary/aromatic N) is 3. The molecule has 0 unspecified atom stereocenters. The van der Waals surface area contributed by atoms with E-state index in [1.165, 1.54) is 22.2 Å². The quantitative estimate of drug-likeness (QED) is 0.319. The minimum absolute atomic E-state index is 0.125. The summed E-state index contributed by atoms with van der Waals surface area (Å²) in [4.78, 5) is 23.9. The van der Waals surface area contributed by atoms with Gasteiger partial charge in [-0.1, -0.05) is 11.8 Å². The Balaban J connectivity index is 1.82. The second-order valence-electron chi connectivity index (χ2n) is 6.81. The molecule has 3 aromatic rings. The number of ketones is 1. The van der Waals surface area contributed by atoms with Gasteiger partial charge in [0.05, 0.1) is 18.4 Å². The van der Waals surface area contributed by atoms with Crippen LogP contribution < -0.4 is 0 Å². The smallest absolute Gasteiger partial charge is 0.174 e. The van der Waals surface area contributed by atoms with Gasteiger partial charge >= 0.3 is 0 Å². The molecular formula is C20H25N3O2S2. The molecule has 27 heavy (non-hydrogen) atoms. The van der Waals surface area contributed by atoms with Crippen LogP contribution in [-0.4, -0.2) is 39.8 Å². The van der Waals surface area contributed by atoms with Crippen molar-refractivity contribution in [2.24, 2.45) is 0 Å². The highest BCUT2D eigenvalue weighted by molar-refractivity contribution is 8.00. The lowest BCUT2D eigenvalue weighted by Crippen LogP contribution is -2.14. The average Bonchev–Trinajstić information content (AvgIpc) is 3.09. The van der Waals surface area contributed by atoms with Gasteiger partial charge < -0.3 is 9.30 Å². The summed E-state index contributed by atoms with van der Waals surface area (Å²) >= 11 is 3.17. The van der Waals surface area contributed by atoms with Crippen molar-refractivity contribution >= 4 is 39.1 Å². The maximum atomic E-state index is 12.9. The number of ether oxygens (including phenoxy) is 1. The van der Waals surface area contributed by atoms with E-state index in [-0.39, 0.29) is 11.8 Å². The molecule has 3 aromatic heterocycles. The molecule has 0 aliphatic heterocycles. The summed E-state index contributed by atoms with van der Waals surface area (Å²) in [5.74, 6) is 0.490. The molecular weight excluding hydrogens is 378 g/mol. The maximum Gasteiger partial charge on any atom is 0.174 e. The van der Waals surface area contributed by atoms with Gasteiger partial charge in [-0.2, -0.15) is 0 Å². The Morgan fingerprint density at radius 1 is 1.30 bits per heavy atom. The van der Waals surface area contributed by atoms with E-state index in [0.717, 1.165) is 32.2 Å². The number of carbonyl (C=O) groups is 1. The molecule has 0 saturated heterocycles. The maximum absolute atomic E-state index is 12.9. The van der Waals surface area contributed by atoms with Gasteiger partial charge in [0.2, 0.25) is 0 Å². The van der Waals surface area contributed by atoms with Crippen molar-refractivity contribution in [1.82, 2.24) is 14.5 Å². The highest BCUT2D eigenvalue weighted by Crippen LogP contribution is 2.34. The van der Waals surface area contributed by atoms with Gasteiger partial charge in [-0.05, 0) is 46.2 Å². The number of aromatic nitrogens is 3. The molecule has 3 heterocycles. The van der Waals surface area contributed by atoms with Crippen LogP contribution in [0.5, 0.6) is 0 Å². The second-order valence-corrected chi connectivity index (χ2v) is 8.98. The third-order valence-electron chi connectivity index (χ3n) is 4.90.